The summed E-state index contributed by atoms with van der Waals surface area (Å²) in [6.45, 7) is 1.33. The molecule has 1 unspecified atom stereocenters. The van der Waals surface area contributed by atoms with Crippen LogP contribution in [-0.4, -0.2) is 31.2 Å². The third-order valence-electron chi connectivity index (χ3n) is 3.44. The normalized spacial score (nSPS) is 19.5. The Balaban J connectivity index is 2.40. The van der Waals surface area contributed by atoms with E-state index in [1.807, 2.05) is 4.90 Å². The number of hydrogen-bond donors (Lipinski definition) is 0. The lowest BCUT2D eigenvalue weighted by molar-refractivity contribution is -0.384. The van der Waals surface area contributed by atoms with Crippen LogP contribution in [0.15, 0.2) is 18.2 Å². The van der Waals surface area contributed by atoms with Crippen LogP contribution in [0.1, 0.15) is 19.3 Å². The number of anilines is 1. The predicted octanol–water partition coefficient (Wildman–Crippen LogP) is 3.25. The first kappa shape index (κ1) is 14.1. The van der Waals surface area contributed by atoms with E-state index in [-0.39, 0.29) is 16.7 Å². The Hall–Kier alpha value is -1.33. The summed E-state index contributed by atoms with van der Waals surface area (Å²) in [5.74, 6) is 0. The second-order valence-electron chi connectivity index (χ2n) is 4.66. The van der Waals surface area contributed by atoms with Crippen LogP contribution < -0.4 is 4.90 Å². The number of rotatable bonds is 4. The van der Waals surface area contributed by atoms with Gasteiger partial charge in [-0.05, 0) is 25.3 Å². The molecule has 104 valence electrons. The predicted molar refractivity (Wildman–Crippen MR) is 75.0 cm³/mol. The van der Waals surface area contributed by atoms with Crippen molar-refractivity contribution < 1.29 is 9.66 Å². The van der Waals surface area contributed by atoms with Gasteiger partial charge in [0, 0.05) is 19.7 Å². The first-order chi connectivity index (χ1) is 9.15. The quantitative estimate of drug-likeness (QED) is 0.629. The number of halogens is 1. The minimum absolute atomic E-state index is 0.0653. The number of para-hydroxylation sites is 1. The molecule has 1 saturated heterocycles. The van der Waals surface area contributed by atoms with Gasteiger partial charge in [-0.2, -0.15) is 0 Å². The number of benzene rings is 1. The average Bonchev–Trinajstić information content (AvgIpc) is 2.40. The van der Waals surface area contributed by atoms with Crippen LogP contribution in [0.2, 0.25) is 5.02 Å². The van der Waals surface area contributed by atoms with Gasteiger partial charge in [-0.3, -0.25) is 10.1 Å². The maximum Gasteiger partial charge on any atom is 0.294 e. The number of methoxy groups -OCH3 is 1. The maximum atomic E-state index is 11.2. The van der Waals surface area contributed by atoms with Crippen molar-refractivity contribution in [3.63, 3.8) is 0 Å². The Labute approximate surface area is 117 Å². The van der Waals surface area contributed by atoms with Gasteiger partial charge in [0.15, 0.2) is 0 Å². The molecule has 0 aromatic heterocycles. The van der Waals surface area contributed by atoms with Gasteiger partial charge < -0.3 is 9.64 Å². The van der Waals surface area contributed by atoms with E-state index in [9.17, 15) is 10.1 Å². The lowest BCUT2D eigenvalue weighted by Gasteiger charge is -2.37. The zero-order valence-electron chi connectivity index (χ0n) is 10.8. The minimum atomic E-state index is -0.375. The summed E-state index contributed by atoms with van der Waals surface area (Å²) in [5, 5.41) is 11.6. The van der Waals surface area contributed by atoms with Gasteiger partial charge in [0.05, 0.1) is 22.6 Å². The molecule has 5 nitrogen and oxygen atoms in total. The third kappa shape index (κ3) is 2.98. The number of hydrogen-bond acceptors (Lipinski definition) is 4. The monoisotopic (exact) mass is 284 g/mol. The molecule has 1 aromatic rings. The topological polar surface area (TPSA) is 55.6 Å². The minimum Gasteiger partial charge on any atom is -0.383 e. The Morgan fingerprint density at radius 3 is 3.00 bits per heavy atom. The summed E-state index contributed by atoms with van der Waals surface area (Å²) in [7, 11) is 1.65. The maximum absolute atomic E-state index is 11.2. The van der Waals surface area contributed by atoms with Crippen LogP contribution in [0, 0.1) is 10.1 Å². The van der Waals surface area contributed by atoms with Gasteiger partial charge in [-0.1, -0.05) is 17.7 Å². The molecule has 1 heterocycles. The smallest absolute Gasteiger partial charge is 0.294 e. The van der Waals surface area contributed by atoms with Crippen molar-refractivity contribution in [2.24, 2.45) is 0 Å². The van der Waals surface area contributed by atoms with E-state index in [1.54, 1.807) is 19.2 Å². The molecule has 0 amide bonds. The molecule has 6 heteroatoms. The van der Waals surface area contributed by atoms with E-state index in [2.05, 4.69) is 0 Å². The second-order valence-corrected chi connectivity index (χ2v) is 5.07. The molecule has 0 saturated carbocycles. The summed E-state index contributed by atoms with van der Waals surface area (Å²) in [5.41, 5.74) is 0.589. The molecule has 0 radical (unpaired) electrons. The largest absolute Gasteiger partial charge is 0.383 e. The van der Waals surface area contributed by atoms with Crippen LogP contribution in [0.3, 0.4) is 0 Å². The van der Waals surface area contributed by atoms with Crippen molar-refractivity contribution in [3.05, 3.63) is 33.3 Å². The zero-order chi connectivity index (χ0) is 13.8. The van der Waals surface area contributed by atoms with Crippen molar-refractivity contribution in [2.75, 3.05) is 25.2 Å². The van der Waals surface area contributed by atoms with Crippen LogP contribution in [-0.2, 0) is 4.74 Å². The molecule has 1 fully saturated rings. The van der Waals surface area contributed by atoms with Crippen molar-refractivity contribution in [3.8, 4) is 0 Å². The number of nitrogens with zero attached hydrogens (tertiary/aromatic N) is 2. The van der Waals surface area contributed by atoms with Crippen LogP contribution >= 0.6 is 11.6 Å². The molecule has 1 aliphatic rings. The molecular formula is C13H17ClN2O3. The van der Waals surface area contributed by atoms with Gasteiger partial charge in [-0.25, -0.2) is 0 Å². The summed E-state index contributed by atoms with van der Waals surface area (Å²) < 4.78 is 5.22. The van der Waals surface area contributed by atoms with Crippen LogP contribution in [0.5, 0.6) is 0 Å². The molecular weight excluding hydrogens is 268 g/mol. The van der Waals surface area contributed by atoms with Gasteiger partial charge >= 0.3 is 0 Å². The summed E-state index contributed by atoms with van der Waals surface area (Å²) in [6, 6.07) is 4.96. The Bertz CT molecular complexity index is 465. The molecule has 1 aliphatic heterocycles. The van der Waals surface area contributed by atoms with E-state index >= 15 is 0 Å². The Kier molecular flexibility index (Phi) is 4.61. The molecule has 0 N–H and O–H groups in total. The highest BCUT2D eigenvalue weighted by Gasteiger charge is 2.29. The summed E-state index contributed by atoms with van der Waals surface area (Å²) in [4.78, 5) is 12.8. The second kappa shape index (κ2) is 6.21. The SMILES string of the molecule is COCC1CCCCN1c1c(Cl)cccc1[N+](=O)[O-]. The molecule has 19 heavy (non-hydrogen) atoms. The zero-order valence-corrected chi connectivity index (χ0v) is 11.6. The summed E-state index contributed by atoms with van der Waals surface area (Å²) in [6.07, 6.45) is 3.10. The molecule has 0 spiro atoms. The molecule has 0 aliphatic carbocycles. The van der Waals surface area contributed by atoms with E-state index in [4.69, 9.17) is 16.3 Å². The Morgan fingerprint density at radius 2 is 2.32 bits per heavy atom. The first-order valence-electron chi connectivity index (χ1n) is 6.33. The van der Waals surface area contributed by atoms with E-state index in [0.29, 0.717) is 17.3 Å². The highest BCUT2D eigenvalue weighted by molar-refractivity contribution is 6.33. The van der Waals surface area contributed by atoms with Crippen molar-refractivity contribution in [1.29, 1.82) is 0 Å². The number of ether oxygens (including phenoxy) is 1. The van der Waals surface area contributed by atoms with Gasteiger partial charge in [0.2, 0.25) is 0 Å². The lowest BCUT2D eigenvalue weighted by atomic mass is 10.0. The highest BCUT2D eigenvalue weighted by atomic mass is 35.5. The Morgan fingerprint density at radius 1 is 1.53 bits per heavy atom. The van der Waals surface area contributed by atoms with E-state index in [0.717, 1.165) is 25.8 Å². The fourth-order valence-corrected chi connectivity index (χ4v) is 2.87. The molecule has 1 atom stereocenters. The van der Waals surface area contributed by atoms with E-state index in [1.165, 1.54) is 6.07 Å². The van der Waals surface area contributed by atoms with Crippen LogP contribution in [0.4, 0.5) is 11.4 Å². The fourth-order valence-electron chi connectivity index (χ4n) is 2.60. The fraction of sp³-hybridized carbons (Fsp3) is 0.538. The van der Waals surface area contributed by atoms with Gasteiger partial charge in [-0.15, -0.1) is 0 Å². The number of nitro benzene ring substituents is 1. The molecule has 0 bridgehead atoms. The van der Waals surface area contributed by atoms with Crippen molar-refractivity contribution >= 4 is 23.0 Å². The van der Waals surface area contributed by atoms with Gasteiger partial charge in [0.25, 0.3) is 5.69 Å². The van der Waals surface area contributed by atoms with E-state index < -0.39 is 0 Å². The standard InChI is InChI=1S/C13H17ClN2O3/c1-19-9-10-5-2-3-8-15(10)13-11(14)6-4-7-12(13)16(17)18/h4,6-7,10H,2-3,5,8-9H2,1H3. The molecule has 2 rings (SSSR count). The average molecular weight is 285 g/mol. The van der Waals surface area contributed by atoms with Crippen molar-refractivity contribution in [2.45, 2.75) is 25.3 Å². The number of nitro groups is 1. The molecule has 1 aromatic carbocycles. The highest BCUT2D eigenvalue weighted by Crippen LogP contribution is 2.38. The third-order valence-corrected chi connectivity index (χ3v) is 3.74. The number of piperidine rings is 1. The first-order valence-corrected chi connectivity index (χ1v) is 6.71. The lowest BCUT2D eigenvalue weighted by Crippen LogP contribution is -2.42. The summed E-state index contributed by atoms with van der Waals surface area (Å²) >= 11 is 6.19. The van der Waals surface area contributed by atoms with Crippen molar-refractivity contribution in [1.82, 2.24) is 0 Å². The van der Waals surface area contributed by atoms with Gasteiger partial charge in [0.1, 0.15) is 5.69 Å². The van der Waals surface area contributed by atoms with Crippen LogP contribution in [0.25, 0.3) is 0 Å².